The third-order valence-electron chi connectivity index (χ3n) is 2.83. The molecule has 0 saturated carbocycles. The van der Waals surface area contributed by atoms with Crippen LogP contribution >= 0.6 is 0 Å². The van der Waals surface area contributed by atoms with Gasteiger partial charge in [-0.15, -0.1) is 0 Å². The molecular weight excluding hydrogens is 270 g/mol. The topological polar surface area (TPSA) is 156 Å². The van der Waals surface area contributed by atoms with E-state index in [0.29, 0.717) is 0 Å². The lowest BCUT2D eigenvalue weighted by molar-refractivity contribution is -0.383. The third kappa shape index (κ3) is 2.21. The molecule has 1 aromatic rings. The number of nitrogens with two attached hydrogens (primary N) is 1. The van der Waals surface area contributed by atoms with Crippen molar-refractivity contribution in [2.45, 2.75) is 12.5 Å². The molecule has 4 N–H and O–H groups in total. The van der Waals surface area contributed by atoms with Crippen LogP contribution in [-0.2, 0) is 9.59 Å². The van der Waals surface area contributed by atoms with Gasteiger partial charge in [0.2, 0.25) is 17.5 Å². The third-order valence-corrected chi connectivity index (χ3v) is 2.83. The Morgan fingerprint density at radius 3 is 2.60 bits per heavy atom. The van der Waals surface area contributed by atoms with E-state index in [9.17, 15) is 19.7 Å². The van der Waals surface area contributed by atoms with Crippen molar-refractivity contribution in [1.29, 1.82) is 0 Å². The van der Waals surface area contributed by atoms with E-state index in [0.717, 1.165) is 11.2 Å². The van der Waals surface area contributed by atoms with Crippen LogP contribution in [0.3, 0.4) is 0 Å². The maximum atomic E-state index is 11.7. The molecule has 1 aliphatic heterocycles. The molecule has 2 amide bonds. The molecule has 1 atom stereocenters. The first-order valence-corrected chi connectivity index (χ1v) is 5.48. The van der Waals surface area contributed by atoms with E-state index in [4.69, 9.17) is 5.84 Å². The van der Waals surface area contributed by atoms with Crippen LogP contribution in [0.25, 0.3) is 0 Å². The van der Waals surface area contributed by atoms with Gasteiger partial charge in [-0.3, -0.25) is 24.6 Å². The molecule has 2 heterocycles. The summed E-state index contributed by atoms with van der Waals surface area (Å²) in [6.07, 6.45) is 0.956. The van der Waals surface area contributed by atoms with Gasteiger partial charge in [-0.25, -0.2) is 15.8 Å². The van der Waals surface area contributed by atoms with E-state index in [2.05, 4.69) is 20.7 Å². The quantitative estimate of drug-likeness (QED) is 0.268. The maximum absolute atomic E-state index is 11.7. The van der Waals surface area contributed by atoms with E-state index >= 15 is 0 Å². The molecule has 2 rings (SSSR count). The Bertz CT molecular complexity index is 590. The molecule has 1 fully saturated rings. The zero-order valence-corrected chi connectivity index (χ0v) is 10.4. The zero-order valence-electron chi connectivity index (χ0n) is 10.4. The number of hydrogen-bond acceptors (Lipinski definition) is 9. The molecular formula is C9H11N7O4. The van der Waals surface area contributed by atoms with Gasteiger partial charge in [-0.1, -0.05) is 0 Å². The summed E-state index contributed by atoms with van der Waals surface area (Å²) in [6.45, 7) is 0. The van der Waals surface area contributed by atoms with Crippen molar-refractivity contribution in [3.05, 3.63) is 16.4 Å². The lowest BCUT2D eigenvalue weighted by Gasteiger charge is -2.12. The first-order valence-electron chi connectivity index (χ1n) is 5.48. The fraction of sp³-hybridized carbons (Fsp3) is 0.333. The number of nitrogens with zero attached hydrogens (tertiary/aromatic N) is 4. The summed E-state index contributed by atoms with van der Waals surface area (Å²) < 4.78 is 0. The van der Waals surface area contributed by atoms with Crippen LogP contribution in [0.5, 0.6) is 0 Å². The van der Waals surface area contributed by atoms with Gasteiger partial charge in [-0.2, -0.15) is 0 Å². The Balaban J connectivity index is 2.33. The molecule has 1 aromatic heterocycles. The number of imide groups is 1. The van der Waals surface area contributed by atoms with Crippen LogP contribution in [0, 0.1) is 10.1 Å². The van der Waals surface area contributed by atoms with Gasteiger partial charge in [0.25, 0.3) is 5.91 Å². The number of anilines is 2. The maximum Gasteiger partial charge on any atom is 0.354 e. The Hall–Kier alpha value is -2.82. The monoisotopic (exact) mass is 281 g/mol. The van der Waals surface area contributed by atoms with Crippen LogP contribution in [0.1, 0.15) is 6.42 Å². The first kappa shape index (κ1) is 13.6. The van der Waals surface area contributed by atoms with Gasteiger partial charge in [0.15, 0.2) is 0 Å². The smallest absolute Gasteiger partial charge is 0.352 e. The van der Waals surface area contributed by atoms with Crippen LogP contribution in [0.2, 0.25) is 0 Å². The number of nitrogens with one attached hydrogen (secondary N) is 2. The minimum Gasteiger partial charge on any atom is -0.352 e. The zero-order chi connectivity index (χ0) is 14.9. The molecule has 11 nitrogen and oxygen atoms in total. The molecule has 11 heteroatoms. The molecule has 20 heavy (non-hydrogen) atoms. The molecule has 0 spiro atoms. The second-order valence-electron chi connectivity index (χ2n) is 4.01. The Labute approximate surface area is 112 Å². The SMILES string of the molecule is CN1C(=O)CC(Nc2ncnc(NN)c2[N+](=O)[O-])C1=O. The number of aromatic nitrogens is 2. The van der Waals surface area contributed by atoms with Crippen LogP contribution in [0.4, 0.5) is 17.3 Å². The van der Waals surface area contributed by atoms with E-state index in [1.54, 1.807) is 0 Å². The number of nitro groups is 1. The molecule has 0 radical (unpaired) electrons. The molecule has 1 aliphatic rings. The van der Waals surface area contributed by atoms with E-state index in [1.807, 2.05) is 0 Å². The second-order valence-corrected chi connectivity index (χ2v) is 4.01. The fourth-order valence-corrected chi connectivity index (χ4v) is 1.80. The minimum absolute atomic E-state index is 0.0954. The largest absolute Gasteiger partial charge is 0.354 e. The van der Waals surface area contributed by atoms with Crippen LogP contribution < -0.4 is 16.6 Å². The summed E-state index contributed by atoms with van der Waals surface area (Å²) in [5, 5.41) is 13.6. The Morgan fingerprint density at radius 1 is 1.45 bits per heavy atom. The van der Waals surface area contributed by atoms with Crippen molar-refractivity contribution in [3.63, 3.8) is 0 Å². The normalized spacial score (nSPS) is 18.3. The number of hydrazine groups is 1. The summed E-state index contributed by atoms with van der Waals surface area (Å²) in [5.41, 5.74) is 1.58. The lowest BCUT2D eigenvalue weighted by Crippen LogP contribution is -2.32. The highest BCUT2D eigenvalue weighted by Gasteiger charge is 2.37. The minimum atomic E-state index is -0.897. The second kappa shape index (κ2) is 5.05. The number of nitrogen functional groups attached to an aromatic ring is 1. The number of carbonyl (C=O) groups excluding carboxylic acids is 2. The molecule has 1 saturated heterocycles. The van der Waals surface area contributed by atoms with Crippen molar-refractivity contribution in [3.8, 4) is 0 Å². The molecule has 1 unspecified atom stereocenters. The summed E-state index contributed by atoms with van der Waals surface area (Å²) in [4.78, 5) is 41.7. The van der Waals surface area contributed by atoms with Crippen molar-refractivity contribution < 1.29 is 14.5 Å². The van der Waals surface area contributed by atoms with Crippen molar-refractivity contribution in [2.75, 3.05) is 17.8 Å². The molecule has 0 aliphatic carbocycles. The van der Waals surface area contributed by atoms with Crippen LogP contribution in [-0.4, -0.2) is 44.7 Å². The highest BCUT2D eigenvalue weighted by molar-refractivity contribution is 6.06. The number of likely N-dealkylation sites (tertiary alicyclic amines) is 1. The number of hydrogen-bond donors (Lipinski definition) is 3. The van der Waals surface area contributed by atoms with Gasteiger partial charge < -0.3 is 10.7 Å². The number of rotatable bonds is 4. The van der Waals surface area contributed by atoms with Crippen molar-refractivity contribution in [1.82, 2.24) is 14.9 Å². The van der Waals surface area contributed by atoms with E-state index in [1.165, 1.54) is 7.05 Å². The van der Waals surface area contributed by atoms with Gasteiger partial charge in [0.1, 0.15) is 12.4 Å². The molecule has 0 bridgehead atoms. The molecule has 106 valence electrons. The van der Waals surface area contributed by atoms with E-state index < -0.39 is 22.6 Å². The summed E-state index contributed by atoms with van der Waals surface area (Å²) in [5.74, 6) is 3.90. The average Bonchev–Trinajstić information content (AvgIpc) is 2.65. The number of likely N-dealkylation sites (N-methyl/N-ethyl adjacent to an activating group) is 1. The van der Waals surface area contributed by atoms with Gasteiger partial charge in [-0.05, 0) is 0 Å². The van der Waals surface area contributed by atoms with Gasteiger partial charge >= 0.3 is 5.69 Å². The van der Waals surface area contributed by atoms with Gasteiger partial charge in [0, 0.05) is 7.05 Å². The van der Waals surface area contributed by atoms with E-state index in [-0.39, 0.29) is 24.0 Å². The summed E-state index contributed by atoms with van der Waals surface area (Å²) in [6, 6.07) is -0.897. The standard InChI is InChI=1S/C9H11N7O4/c1-15-5(17)2-4(9(15)18)13-7-6(16(19)20)8(14-10)12-3-11-7/h3-4H,2,10H2,1H3,(H2,11,12,13,14). The van der Waals surface area contributed by atoms with Crippen LogP contribution in [0.15, 0.2) is 6.33 Å². The average molecular weight is 281 g/mol. The molecule has 0 aromatic carbocycles. The Morgan fingerprint density at radius 2 is 2.10 bits per heavy atom. The fourth-order valence-electron chi connectivity index (χ4n) is 1.80. The predicted octanol–water partition coefficient (Wildman–Crippen LogP) is -1.16. The summed E-state index contributed by atoms with van der Waals surface area (Å²) >= 11 is 0. The van der Waals surface area contributed by atoms with Crippen molar-refractivity contribution in [2.24, 2.45) is 5.84 Å². The van der Waals surface area contributed by atoms with Crippen molar-refractivity contribution >= 4 is 29.1 Å². The predicted molar refractivity (Wildman–Crippen MR) is 66.3 cm³/mol. The van der Waals surface area contributed by atoms with Gasteiger partial charge in [0.05, 0.1) is 11.3 Å². The Kier molecular flexibility index (Phi) is 3.43. The first-order chi connectivity index (χ1) is 9.45. The lowest BCUT2D eigenvalue weighted by atomic mass is 10.2. The number of amides is 2. The highest BCUT2D eigenvalue weighted by atomic mass is 16.6. The number of carbonyl (C=O) groups is 2. The summed E-state index contributed by atoms with van der Waals surface area (Å²) in [7, 11) is 1.34. The highest BCUT2D eigenvalue weighted by Crippen LogP contribution is 2.29.